The molecule has 0 heterocycles. The highest BCUT2D eigenvalue weighted by atomic mass is 35.5. The third-order valence-electron chi connectivity index (χ3n) is 3.17. The third-order valence-corrected chi connectivity index (χ3v) is 4.68. The molecular weight excluding hydrogens is 302 g/mol. The first kappa shape index (κ1) is 15.9. The Morgan fingerprint density at radius 2 is 1.81 bits per heavy atom. The van der Waals surface area contributed by atoms with Crippen molar-refractivity contribution >= 4 is 29.3 Å². The summed E-state index contributed by atoms with van der Waals surface area (Å²) in [6.45, 7) is 2.75. The smallest absolute Gasteiger partial charge is 0.230 e. The first-order chi connectivity index (χ1) is 10.2. The Labute approximate surface area is 134 Å². The van der Waals surface area contributed by atoms with Crippen LogP contribution in [0.25, 0.3) is 0 Å². The molecule has 0 unspecified atom stereocenters. The quantitative estimate of drug-likeness (QED) is 0.802. The highest BCUT2D eigenvalue weighted by Crippen LogP contribution is 2.26. The van der Waals surface area contributed by atoms with Crippen molar-refractivity contribution in [2.24, 2.45) is 0 Å². The Bertz CT molecular complexity index is 588. The summed E-state index contributed by atoms with van der Waals surface area (Å²) in [5, 5.41) is 3.66. The molecule has 21 heavy (non-hydrogen) atoms. The van der Waals surface area contributed by atoms with Crippen LogP contribution in [0.1, 0.15) is 18.4 Å². The highest BCUT2D eigenvalue weighted by Gasteiger charge is 2.08. The van der Waals surface area contributed by atoms with E-state index in [-0.39, 0.29) is 5.91 Å². The molecule has 0 spiro atoms. The van der Waals surface area contributed by atoms with E-state index < -0.39 is 0 Å². The van der Waals surface area contributed by atoms with Gasteiger partial charge in [0.2, 0.25) is 5.91 Å². The largest absolute Gasteiger partial charge is 0.355 e. The lowest BCUT2D eigenvalue weighted by Gasteiger charge is -2.13. The van der Waals surface area contributed by atoms with E-state index in [0.717, 1.165) is 4.90 Å². The summed E-state index contributed by atoms with van der Waals surface area (Å²) in [7, 11) is 0. The highest BCUT2D eigenvalue weighted by molar-refractivity contribution is 8.00. The lowest BCUT2D eigenvalue weighted by molar-refractivity contribution is -0.118. The monoisotopic (exact) mass is 319 g/mol. The Balaban J connectivity index is 1.76. The van der Waals surface area contributed by atoms with Crippen LogP contribution in [0.15, 0.2) is 59.5 Å². The van der Waals surface area contributed by atoms with Gasteiger partial charge in [0.05, 0.1) is 10.8 Å². The average molecular weight is 320 g/mol. The number of halogens is 1. The van der Waals surface area contributed by atoms with Crippen molar-refractivity contribution in [2.45, 2.75) is 17.7 Å². The van der Waals surface area contributed by atoms with Gasteiger partial charge in [-0.3, -0.25) is 4.79 Å². The zero-order valence-electron chi connectivity index (χ0n) is 11.9. The SMILES string of the molecule is C[C@@H](CNC(=O)CSc1ccccc1Cl)c1ccccc1. The maximum atomic E-state index is 11.9. The molecule has 1 atom stereocenters. The molecule has 0 aliphatic heterocycles. The van der Waals surface area contributed by atoms with Crippen molar-refractivity contribution in [3.8, 4) is 0 Å². The molecule has 0 aromatic heterocycles. The van der Waals surface area contributed by atoms with Crippen LogP contribution in [0.5, 0.6) is 0 Å². The molecule has 2 nitrogen and oxygen atoms in total. The molecule has 2 aromatic carbocycles. The number of nitrogens with one attached hydrogen (secondary N) is 1. The van der Waals surface area contributed by atoms with Crippen molar-refractivity contribution in [1.82, 2.24) is 5.32 Å². The molecule has 4 heteroatoms. The number of hydrogen-bond acceptors (Lipinski definition) is 2. The van der Waals surface area contributed by atoms with Gasteiger partial charge in [-0.1, -0.05) is 61.0 Å². The fraction of sp³-hybridized carbons (Fsp3) is 0.235. The number of hydrogen-bond donors (Lipinski definition) is 1. The van der Waals surface area contributed by atoms with E-state index in [4.69, 9.17) is 11.6 Å². The van der Waals surface area contributed by atoms with Gasteiger partial charge in [-0.25, -0.2) is 0 Å². The molecule has 0 fully saturated rings. The van der Waals surface area contributed by atoms with E-state index in [1.807, 2.05) is 42.5 Å². The zero-order chi connectivity index (χ0) is 15.1. The number of benzene rings is 2. The lowest BCUT2D eigenvalue weighted by Crippen LogP contribution is -2.28. The molecule has 0 bridgehead atoms. The van der Waals surface area contributed by atoms with Crippen molar-refractivity contribution in [3.63, 3.8) is 0 Å². The second-order valence-corrected chi connectivity index (χ2v) is 6.26. The minimum atomic E-state index is 0.0303. The molecule has 1 N–H and O–H groups in total. The van der Waals surface area contributed by atoms with E-state index in [1.165, 1.54) is 17.3 Å². The molecule has 1 amide bonds. The van der Waals surface area contributed by atoms with Gasteiger partial charge >= 0.3 is 0 Å². The molecule has 2 rings (SSSR count). The Kier molecular flexibility index (Phi) is 6.15. The molecule has 0 aliphatic rings. The van der Waals surface area contributed by atoms with Crippen molar-refractivity contribution < 1.29 is 4.79 Å². The van der Waals surface area contributed by atoms with Gasteiger partial charge in [-0.2, -0.15) is 0 Å². The summed E-state index contributed by atoms with van der Waals surface area (Å²) in [5.74, 6) is 0.716. The van der Waals surface area contributed by atoms with Gasteiger partial charge in [0.15, 0.2) is 0 Å². The number of carbonyl (C=O) groups excluding carboxylic acids is 1. The summed E-state index contributed by atoms with van der Waals surface area (Å²) in [6, 6.07) is 17.7. The van der Waals surface area contributed by atoms with Crippen molar-refractivity contribution in [1.29, 1.82) is 0 Å². The summed E-state index contributed by atoms with van der Waals surface area (Å²) < 4.78 is 0. The van der Waals surface area contributed by atoms with Crippen molar-refractivity contribution in [2.75, 3.05) is 12.3 Å². The van der Waals surface area contributed by atoms with E-state index in [0.29, 0.717) is 23.2 Å². The van der Waals surface area contributed by atoms with Crippen LogP contribution in [0.3, 0.4) is 0 Å². The van der Waals surface area contributed by atoms with E-state index in [2.05, 4.69) is 24.4 Å². The van der Waals surface area contributed by atoms with E-state index >= 15 is 0 Å². The first-order valence-electron chi connectivity index (χ1n) is 6.86. The van der Waals surface area contributed by atoms with Crippen LogP contribution in [0, 0.1) is 0 Å². The Hall–Kier alpha value is -1.45. The molecule has 110 valence electrons. The van der Waals surface area contributed by atoms with Crippen LogP contribution < -0.4 is 5.32 Å². The van der Waals surface area contributed by atoms with Crippen LogP contribution in [-0.2, 0) is 4.79 Å². The number of thioether (sulfide) groups is 1. The molecule has 0 saturated heterocycles. The van der Waals surface area contributed by atoms with Gasteiger partial charge in [0, 0.05) is 11.4 Å². The predicted octanol–water partition coefficient (Wildman–Crippen LogP) is 4.35. The topological polar surface area (TPSA) is 29.1 Å². The molecule has 0 radical (unpaired) electrons. The number of amides is 1. The normalized spacial score (nSPS) is 11.9. The molecular formula is C17H18ClNOS. The minimum Gasteiger partial charge on any atom is -0.355 e. The molecule has 0 saturated carbocycles. The van der Waals surface area contributed by atoms with Gasteiger partial charge in [0.1, 0.15) is 0 Å². The summed E-state index contributed by atoms with van der Waals surface area (Å²) in [6.07, 6.45) is 0. The third kappa shape index (κ3) is 5.10. The standard InChI is InChI=1S/C17H18ClNOS/c1-13(14-7-3-2-4-8-14)11-19-17(20)12-21-16-10-6-5-9-15(16)18/h2-10,13H,11-12H2,1H3,(H,19,20)/t13-/m0/s1. The van der Waals surface area contributed by atoms with E-state index in [1.54, 1.807) is 0 Å². The fourth-order valence-electron chi connectivity index (χ4n) is 1.92. The van der Waals surface area contributed by atoms with Crippen LogP contribution in [-0.4, -0.2) is 18.2 Å². The average Bonchev–Trinajstić information content (AvgIpc) is 2.52. The summed E-state index contributed by atoms with van der Waals surface area (Å²) >= 11 is 7.52. The maximum absolute atomic E-state index is 11.9. The zero-order valence-corrected chi connectivity index (χ0v) is 13.5. The van der Waals surface area contributed by atoms with Gasteiger partial charge in [-0.15, -0.1) is 11.8 Å². The van der Waals surface area contributed by atoms with Gasteiger partial charge in [-0.05, 0) is 23.6 Å². The summed E-state index contributed by atoms with van der Waals surface area (Å²) in [4.78, 5) is 12.8. The van der Waals surface area contributed by atoms with Crippen LogP contribution >= 0.6 is 23.4 Å². The summed E-state index contributed by atoms with van der Waals surface area (Å²) in [5.41, 5.74) is 1.23. The second-order valence-electron chi connectivity index (χ2n) is 4.83. The Morgan fingerprint density at radius 1 is 1.14 bits per heavy atom. The lowest BCUT2D eigenvalue weighted by atomic mass is 10.0. The van der Waals surface area contributed by atoms with Crippen LogP contribution in [0.4, 0.5) is 0 Å². The van der Waals surface area contributed by atoms with Crippen LogP contribution in [0.2, 0.25) is 5.02 Å². The molecule has 2 aromatic rings. The minimum absolute atomic E-state index is 0.0303. The van der Waals surface area contributed by atoms with Crippen molar-refractivity contribution in [3.05, 3.63) is 65.2 Å². The van der Waals surface area contributed by atoms with Gasteiger partial charge < -0.3 is 5.32 Å². The second kappa shape index (κ2) is 8.11. The first-order valence-corrected chi connectivity index (χ1v) is 8.22. The molecule has 0 aliphatic carbocycles. The maximum Gasteiger partial charge on any atom is 0.230 e. The Morgan fingerprint density at radius 3 is 2.52 bits per heavy atom. The number of carbonyl (C=O) groups is 1. The predicted molar refractivity (Wildman–Crippen MR) is 90.0 cm³/mol. The number of rotatable bonds is 6. The fourth-order valence-corrected chi connectivity index (χ4v) is 2.99. The van der Waals surface area contributed by atoms with Gasteiger partial charge in [0.25, 0.3) is 0 Å². The van der Waals surface area contributed by atoms with E-state index in [9.17, 15) is 4.79 Å².